The van der Waals surface area contributed by atoms with E-state index < -0.39 is 0 Å². The quantitative estimate of drug-likeness (QED) is 0.875. The number of nitrogens with zero attached hydrogens (tertiary/aromatic N) is 3. The highest BCUT2D eigenvalue weighted by Crippen LogP contribution is 2.33. The van der Waals surface area contributed by atoms with Crippen molar-refractivity contribution in [2.45, 2.75) is 13.3 Å². The first-order valence-electron chi connectivity index (χ1n) is 7.19. The third-order valence-corrected chi connectivity index (χ3v) is 5.04. The summed E-state index contributed by atoms with van der Waals surface area (Å²) in [5.74, 6) is 0.0449. The number of aromatic nitrogens is 1. The van der Waals surface area contributed by atoms with Gasteiger partial charge in [-0.15, -0.1) is 11.3 Å². The van der Waals surface area contributed by atoms with Crippen LogP contribution in [0.25, 0.3) is 10.2 Å². The minimum absolute atomic E-state index is 0.0449. The van der Waals surface area contributed by atoms with E-state index in [0.29, 0.717) is 10.6 Å². The molecule has 21 heavy (non-hydrogen) atoms. The van der Waals surface area contributed by atoms with Gasteiger partial charge in [0.15, 0.2) is 0 Å². The number of carbonyl (C=O) groups excluding carboxylic acids is 1. The number of nitrogen functional groups attached to an aromatic ring is 1. The monoisotopic (exact) mass is 304 g/mol. The molecule has 0 spiro atoms. The summed E-state index contributed by atoms with van der Waals surface area (Å²) in [5.41, 5.74) is 7.69. The third kappa shape index (κ3) is 2.73. The first-order chi connectivity index (χ1) is 10.1. The van der Waals surface area contributed by atoms with Crippen LogP contribution in [0.15, 0.2) is 12.1 Å². The SMILES string of the molecule is Cc1ccc2c(N)c(C(=O)N3CCCN(C)CC3)sc2n1. The summed E-state index contributed by atoms with van der Waals surface area (Å²) in [6, 6.07) is 3.89. The van der Waals surface area contributed by atoms with Gasteiger partial charge in [0.25, 0.3) is 5.91 Å². The maximum absolute atomic E-state index is 12.7. The minimum atomic E-state index is 0.0449. The van der Waals surface area contributed by atoms with Gasteiger partial charge in [0, 0.05) is 30.7 Å². The maximum Gasteiger partial charge on any atom is 0.266 e. The third-order valence-electron chi connectivity index (χ3n) is 3.93. The fourth-order valence-electron chi connectivity index (χ4n) is 2.64. The number of aryl methyl sites for hydroxylation is 1. The molecule has 2 aromatic heterocycles. The Bertz CT molecular complexity index is 682. The number of amides is 1. The van der Waals surface area contributed by atoms with Gasteiger partial charge in [-0.2, -0.15) is 0 Å². The molecule has 1 amide bonds. The molecule has 0 bridgehead atoms. The Morgan fingerprint density at radius 2 is 2.10 bits per heavy atom. The van der Waals surface area contributed by atoms with Crippen LogP contribution in [0.5, 0.6) is 0 Å². The number of rotatable bonds is 1. The average molecular weight is 304 g/mol. The van der Waals surface area contributed by atoms with Gasteiger partial charge in [-0.1, -0.05) is 0 Å². The van der Waals surface area contributed by atoms with Crippen LogP contribution in [0.4, 0.5) is 5.69 Å². The summed E-state index contributed by atoms with van der Waals surface area (Å²) >= 11 is 1.41. The van der Waals surface area contributed by atoms with Crippen LogP contribution in [0.3, 0.4) is 0 Å². The molecule has 2 N–H and O–H groups in total. The molecule has 3 rings (SSSR count). The maximum atomic E-state index is 12.7. The number of anilines is 1. The van der Waals surface area contributed by atoms with Crippen LogP contribution in [0.1, 0.15) is 21.8 Å². The number of likely N-dealkylation sites (N-methyl/N-ethyl adjacent to an activating group) is 1. The molecule has 2 aromatic rings. The zero-order valence-corrected chi connectivity index (χ0v) is 13.2. The van der Waals surface area contributed by atoms with Gasteiger partial charge in [-0.3, -0.25) is 4.79 Å². The van der Waals surface area contributed by atoms with E-state index in [9.17, 15) is 4.79 Å². The Morgan fingerprint density at radius 3 is 2.90 bits per heavy atom. The molecule has 6 heteroatoms. The van der Waals surface area contributed by atoms with E-state index in [2.05, 4.69) is 16.9 Å². The molecule has 1 aliphatic heterocycles. The van der Waals surface area contributed by atoms with Crippen molar-refractivity contribution >= 4 is 33.1 Å². The number of nitrogens with two attached hydrogens (primary N) is 1. The Hall–Kier alpha value is -1.66. The van der Waals surface area contributed by atoms with E-state index >= 15 is 0 Å². The zero-order valence-electron chi connectivity index (χ0n) is 12.4. The summed E-state index contributed by atoms with van der Waals surface area (Å²) in [5, 5.41) is 0.890. The molecule has 1 fully saturated rings. The first kappa shape index (κ1) is 14.3. The van der Waals surface area contributed by atoms with E-state index in [1.807, 2.05) is 24.0 Å². The average Bonchev–Trinajstić information content (AvgIpc) is 2.63. The van der Waals surface area contributed by atoms with Crippen LogP contribution in [0, 0.1) is 6.92 Å². The molecule has 0 unspecified atom stereocenters. The van der Waals surface area contributed by atoms with Crippen molar-refractivity contribution in [3.05, 3.63) is 22.7 Å². The van der Waals surface area contributed by atoms with E-state index in [-0.39, 0.29) is 5.91 Å². The lowest BCUT2D eigenvalue weighted by atomic mass is 10.2. The van der Waals surface area contributed by atoms with Crippen LogP contribution < -0.4 is 5.73 Å². The molecular weight excluding hydrogens is 284 g/mol. The van der Waals surface area contributed by atoms with Gasteiger partial charge < -0.3 is 15.5 Å². The molecule has 1 aliphatic rings. The fourth-order valence-corrected chi connectivity index (χ4v) is 3.75. The second kappa shape index (κ2) is 5.61. The summed E-state index contributed by atoms with van der Waals surface area (Å²) < 4.78 is 0. The van der Waals surface area contributed by atoms with Gasteiger partial charge in [-0.05, 0) is 39.1 Å². The van der Waals surface area contributed by atoms with Crippen molar-refractivity contribution in [3.63, 3.8) is 0 Å². The summed E-state index contributed by atoms with van der Waals surface area (Å²) in [6.07, 6.45) is 1.00. The highest BCUT2D eigenvalue weighted by Gasteiger charge is 2.24. The first-order valence-corrected chi connectivity index (χ1v) is 8.01. The molecule has 3 heterocycles. The molecule has 0 saturated carbocycles. The Balaban J connectivity index is 1.92. The van der Waals surface area contributed by atoms with Gasteiger partial charge in [0.2, 0.25) is 0 Å². The van der Waals surface area contributed by atoms with Crippen molar-refractivity contribution in [1.82, 2.24) is 14.8 Å². The Morgan fingerprint density at radius 1 is 1.29 bits per heavy atom. The topological polar surface area (TPSA) is 62.5 Å². The molecule has 5 nitrogen and oxygen atoms in total. The smallest absolute Gasteiger partial charge is 0.266 e. The minimum Gasteiger partial charge on any atom is -0.397 e. The second-order valence-electron chi connectivity index (χ2n) is 5.60. The number of pyridine rings is 1. The normalized spacial score (nSPS) is 17.1. The number of fused-ring (bicyclic) bond motifs is 1. The van der Waals surface area contributed by atoms with Gasteiger partial charge in [0.05, 0.1) is 5.69 Å². The van der Waals surface area contributed by atoms with E-state index in [0.717, 1.165) is 48.5 Å². The second-order valence-corrected chi connectivity index (χ2v) is 6.60. The molecule has 0 atom stereocenters. The van der Waals surface area contributed by atoms with Gasteiger partial charge in [-0.25, -0.2) is 4.98 Å². The zero-order chi connectivity index (χ0) is 15.0. The van der Waals surface area contributed by atoms with Crippen molar-refractivity contribution in [1.29, 1.82) is 0 Å². The van der Waals surface area contributed by atoms with Crippen molar-refractivity contribution in [3.8, 4) is 0 Å². The number of carbonyl (C=O) groups is 1. The summed E-state index contributed by atoms with van der Waals surface area (Å²) in [4.78, 5) is 22.9. The van der Waals surface area contributed by atoms with Crippen LogP contribution in [-0.4, -0.2) is 53.9 Å². The van der Waals surface area contributed by atoms with E-state index in [4.69, 9.17) is 5.73 Å². The predicted molar refractivity (Wildman–Crippen MR) is 86.8 cm³/mol. The van der Waals surface area contributed by atoms with E-state index in [1.54, 1.807) is 0 Å². The fraction of sp³-hybridized carbons (Fsp3) is 0.467. The number of hydrogen-bond acceptors (Lipinski definition) is 5. The summed E-state index contributed by atoms with van der Waals surface area (Å²) in [6.45, 7) is 5.45. The Labute approximate surface area is 128 Å². The molecule has 0 aliphatic carbocycles. The van der Waals surface area contributed by atoms with Crippen LogP contribution >= 0.6 is 11.3 Å². The largest absolute Gasteiger partial charge is 0.397 e. The predicted octanol–water partition coefficient (Wildman–Crippen LogP) is 1.96. The van der Waals surface area contributed by atoms with E-state index in [1.165, 1.54) is 11.3 Å². The van der Waals surface area contributed by atoms with Gasteiger partial charge >= 0.3 is 0 Å². The molecule has 1 saturated heterocycles. The molecule has 112 valence electrons. The Kier molecular flexibility index (Phi) is 3.82. The lowest BCUT2D eigenvalue weighted by Gasteiger charge is -2.20. The lowest BCUT2D eigenvalue weighted by Crippen LogP contribution is -2.34. The van der Waals surface area contributed by atoms with Crippen LogP contribution in [0.2, 0.25) is 0 Å². The highest BCUT2D eigenvalue weighted by atomic mass is 32.1. The van der Waals surface area contributed by atoms with Crippen molar-refractivity contribution in [2.75, 3.05) is 39.0 Å². The van der Waals surface area contributed by atoms with Crippen molar-refractivity contribution in [2.24, 2.45) is 0 Å². The lowest BCUT2D eigenvalue weighted by molar-refractivity contribution is 0.0768. The van der Waals surface area contributed by atoms with Crippen molar-refractivity contribution < 1.29 is 4.79 Å². The molecule has 0 aromatic carbocycles. The number of hydrogen-bond donors (Lipinski definition) is 1. The summed E-state index contributed by atoms with van der Waals surface area (Å²) in [7, 11) is 2.09. The highest BCUT2D eigenvalue weighted by molar-refractivity contribution is 7.21. The standard InChI is InChI=1S/C15H20N4OS/c1-10-4-5-11-12(16)13(21-14(11)17-10)15(20)19-7-3-6-18(2)8-9-19/h4-5H,3,6-9,16H2,1-2H3. The number of thiophene rings is 1. The molecule has 0 radical (unpaired) electrons. The van der Waals surface area contributed by atoms with Crippen LogP contribution in [-0.2, 0) is 0 Å². The molecular formula is C15H20N4OS. The van der Waals surface area contributed by atoms with Gasteiger partial charge in [0.1, 0.15) is 9.71 Å².